The lowest BCUT2D eigenvalue weighted by Gasteiger charge is -2.18. The molecule has 0 fully saturated rings. The van der Waals surface area contributed by atoms with Crippen molar-refractivity contribution in [2.24, 2.45) is 0 Å². The van der Waals surface area contributed by atoms with E-state index in [1.807, 2.05) is 0 Å². The van der Waals surface area contributed by atoms with Crippen LogP contribution in [0.2, 0.25) is 0 Å². The van der Waals surface area contributed by atoms with E-state index in [0.29, 0.717) is 0 Å². The Labute approximate surface area is 270 Å². The summed E-state index contributed by atoms with van der Waals surface area (Å²) in [5, 5.41) is -5.75. The highest BCUT2D eigenvalue weighted by Crippen LogP contribution is 2.47. The largest absolute Gasteiger partial charge is 0.456 e. The van der Waals surface area contributed by atoms with E-state index in [-0.39, 0.29) is 0 Å². The average Bonchev–Trinajstić information content (AvgIpc) is 3.68. The van der Waals surface area contributed by atoms with Gasteiger partial charge in [0.1, 0.15) is 11.2 Å². The second-order valence-corrected chi connectivity index (χ2v) is 9.01. The van der Waals surface area contributed by atoms with Crippen LogP contribution in [0.25, 0.3) is 87.3 Å². The van der Waals surface area contributed by atoms with Crippen molar-refractivity contribution in [1.29, 1.82) is 0 Å². The minimum Gasteiger partial charge on any atom is -0.456 e. The summed E-state index contributed by atoms with van der Waals surface area (Å²) in [4.78, 5) is 0. The van der Waals surface area contributed by atoms with Crippen LogP contribution in [-0.2, 0) is 0 Å². The van der Waals surface area contributed by atoms with Crippen molar-refractivity contribution in [3.05, 3.63) is 145 Å². The third kappa shape index (κ3) is 3.24. The number of hydrogen-bond acceptors (Lipinski definition) is 1. The van der Waals surface area contributed by atoms with Crippen LogP contribution in [0.5, 0.6) is 0 Å². The van der Waals surface area contributed by atoms with Gasteiger partial charge in [-0.05, 0) is 83.5 Å². The predicted octanol–water partition coefficient (Wildman–Crippen LogP) is 11.5. The third-order valence-corrected chi connectivity index (χ3v) is 6.89. The Kier molecular flexibility index (Phi) is 1.94. The first kappa shape index (κ1) is 9.33. The molecular formula is C40H24O. The fourth-order valence-corrected chi connectivity index (χ4v) is 5.20. The molecule has 0 unspecified atom stereocenters. The number of rotatable bonds is 2. The minimum absolute atomic E-state index is 0.443. The Morgan fingerprint density at radius 1 is 0.390 bits per heavy atom. The standard InChI is InChI=1S/C40H24O/c1-2-11-28-25(10-1)20-21-26-22-23-27(24-35(26)28)38-29-12-3-5-14-31(29)39(32-15-6-4-13-30(32)38)34-17-9-19-37-40(34)33-16-7-8-18-36(33)41-37/h1-24H/i1D,2D,3D,4D,5D,6D,7D,8D,9D,10D,11D,12D,13D,14D,15D,16D,17D,18D,19D,20D,21D,22D,23D,24D. The van der Waals surface area contributed by atoms with E-state index in [0.717, 1.165) is 0 Å². The summed E-state index contributed by atoms with van der Waals surface area (Å²) in [6.07, 6.45) is 0. The molecule has 0 bridgehead atoms. The topological polar surface area (TPSA) is 13.1 Å². The first-order valence-electron chi connectivity index (χ1n) is 24.2. The molecule has 41 heavy (non-hydrogen) atoms. The Bertz CT molecular complexity index is 3740. The molecule has 0 amide bonds. The zero-order valence-electron chi connectivity index (χ0n) is 44.4. The quantitative estimate of drug-likeness (QED) is 0.156. The molecule has 0 saturated heterocycles. The van der Waals surface area contributed by atoms with Gasteiger partial charge in [-0.15, -0.1) is 0 Å². The highest BCUT2D eigenvalue weighted by Gasteiger charge is 2.20. The minimum atomic E-state index is -0.960. The van der Waals surface area contributed by atoms with Crippen LogP contribution in [0.1, 0.15) is 32.9 Å². The van der Waals surface area contributed by atoms with Crippen molar-refractivity contribution in [2.75, 3.05) is 0 Å². The number of fused-ring (bicyclic) bond motifs is 8. The number of benzene rings is 8. The molecule has 0 aliphatic carbocycles. The van der Waals surface area contributed by atoms with E-state index in [2.05, 4.69) is 0 Å². The average molecular weight is 545 g/mol. The van der Waals surface area contributed by atoms with Gasteiger partial charge in [0.05, 0.1) is 32.9 Å². The summed E-state index contributed by atoms with van der Waals surface area (Å²) in [5.41, 5.74) is -3.78. The summed E-state index contributed by atoms with van der Waals surface area (Å²) in [5.74, 6) is 0. The van der Waals surface area contributed by atoms with Gasteiger partial charge >= 0.3 is 0 Å². The maximum atomic E-state index is 9.76. The van der Waals surface area contributed by atoms with Gasteiger partial charge in [0.15, 0.2) is 0 Å². The lowest BCUT2D eigenvalue weighted by atomic mass is 9.84. The monoisotopic (exact) mass is 544 g/mol. The molecule has 190 valence electrons. The lowest BCUT2D eigenvalue weighted by molar-refractivity contribution is 0.669. The van der Waals surface area contributed by atoms with Crippen LogP contribution in [0, 0.1) is 0 Å². The second kappa shape index (κ2) is 8.55. The number of para-hydroxylation sites is 1. The van der Waals surface area contributed by atoms with E-state index >= 15 is 0 Å². The zero-order chi connectivity index (χ0) is 47.8. The molecular weight excluding hydrogens is 496 g/mol. The summed E-state index contributed by atoms with van der Waals surface area (Å²) >= 11 is 0. The molecule has 9 rings (SSSR count). The number of furan rings is 1. The first-order valence-corrected chi connectivity index (χ1v) is 12.2. The molecule has 0 radical (unpaired) electrons. The van der Waals surface area contributed by atoms with Crippen molar-refractivity contribution < 1.29 is 37.3 Å². The van der Waals surface area contributed by atoms with E-state index in [4.69, 9.17) is 26.3 Å². The maximum Gasteiger partial charge on any atom is 0.136 e. The van der Waals surface area contributed by atoms with Gasteiger partial charge in [0.2, 0.25) is 0 Å². The molecule has 1 nitrogen and oxygen atoms in total. The molecule has 1 aromatic heterocycles. The van der Waals surface area contributed by atoms with Crippen molar-refractivity contribution in [2.45, 2.75) is 0 Å². The summed E-state index contributed by atoms with van der Waals surface area (Å²) in [6, 6.07) is -20.6. The van der Waals surface area contributed by atoms with E-state index in [1.54, 1.807) is 0 Å². The molecule has 0 saturated carbocycles. The molecule has 1 heteroatoms. The van der Waals surface area contributed by atoms with Crippen molar-refractivity contribution in [3.63, 3.8) is 0 Å². The molecule has 8 aromatic carbocycles. The summed E-state index contributed by atoms with van der Waals surface area (Å²) < 4.78 is 220. The smallest absolute Gasteiger partial charge is 0.136 e. The van der Waals surface area contributed by atoms with Crippen LogP contribution in [0.4, 0.5) is 0 Å². The van der Waals surface area contributed by atoms with Crippen molar-refractivity contribution >= 4 is 65.0 Å². The molecule has 9 aromatic rings. The van der Waals surface area contributed by atoms with Crippen molar-refractivity contribution in [1.82, 2.24) is 0 Å². The van der Waals surface area contributed by atoms with Gasteiger partial charge in [0.25, 0.3) is 0 Å². The first-order chi connectivity index (χ1) is 30.3. The predicted molar refractivity (Wildman–Crippen MR) is 175 cm³/mol. The van der Waals surface area contributed by atoms with Crippen LogP contribution >= 0.6 is 0 Å². The Morgan fingerprint density at radius 2 is 0.927 bits per heavy atom. The molecule has 0 atom stereocenters. The molecule has 0 aliphatic rings. The molecule has 1 heterocycles. The normalized spacial score (nSPS) is 20.1. The van der Waals surface area contributed by atoms with Gasteiger partial charge in [-0.3, -0.25) is 0 Å². The van der Waals surface area contributed by atoms with E-state index in [9.17, 15) is 11.0 Å². The zero-order valence-corrected chi connectivity index (χ0v) is 20.4. The van der Waals surface area contributed by atoms with Crippen LogP contribution in [0.15, 0.2) is 149 Å². The fraction of sp³-hybridized carbons (Fsp3) is 0. The van der Waals surface area contributed by atoms with Gasteiger partial charge in [0, 0.05) is 10.8 Å². The van der Waals surface area contributed by atoms with Crippen molar-refractivity contribution in [3.8, 4) is 22.3 Å². The highest BCUT2D eigenvalue weighted by molar-refractivity contribution is 6.26. The van der Waals surface area contributed by atoms with E-state index < -0.39 is 232 Å². The second-order valence-electron chi connectivity index (χ2n) is 9.01. The SMILES string of the molecule is [2H]c1c([2H])c([2H])c2c(oc3c([2H])c([2H])c([2H])c(-c4c5c([2H])c([2H])c([2H])c([2H])c5c(-c5c([2H])c([2H])c6c([2H])c([2H])c7c([2H])c([2H])c([2H])c([2H])c7c6c5[2H])c5c([2H])c([2H])c([2H])c([2H])c45)c32)c1[2H]. The van der Waals surface area contributed by atoms with Crippen LogP contribution in [-0.4, -0.2) is 0 Å². The van der Waals surface area contributed by atoms with Gasteiger partial charge < -0.3 is 4.42 Å². The molecule has 0 N–H and O–H groups in total. The lowest BCUT2D eigenvalue weighted by Crippen LogP contribution is -1.91. The number of hydrogen-bond donors (Lipinski definition) is 0. The highest BCUT2D eigenvalue weighted by atomic mass is 16.3. The molecule has 0 aliphatic heterocycles. The van der Waals surface area contributed by atoms with Gasteiger partial charge in [-0.2, -0.15) is 0 Å². The third-order valence-electron chi connectivity index (χ3n) is 6.89. The Hall–Kier alpha value is -5.40. The van der Waals surface area contributed by atoms with Crippen LogP contribution < -0.4 is 0 Å². The fourth-order valence-electron chi connectivity index (χ4n) is 5.20. The maximum absolute atomic E-state index is 9.76. The van der Waals surface area contributed by atoms with E-state index in [1.165, 1.54) is 0 Å². The summed E-state index contributed by atoms with van der Waals surface area (Å²) in [6.45, 7) is 0. The summed E-state index contributed by atoms with van der Waals surface area (Å²) in [7, 11) is 0. The Morgan fingerprint density at radius 3 is 1.66 bits per heavy atom. The Balaban J connectivity index is 1.69. The molecule has 0 spiro atoms. The van der Waals surface area contributed by atoms with Crippen LogP contribution in [0.3, 0.4) is 0 Å². The van der Waals surface area contributed by atoms with Gasteiger partial charge in [-0.1, -0.05) is 127 Å². The van der Waals surface area contributed by atoms with Gasteiger partial charge in [-0.25, -0.2) is 0 Å².